The minimum atomic E-state index is -0.425. The van der Waals surface area contributed by atoms with Crippen molar-refractivity contribution in [2.45, 2.75) is 45.8 Å². The molecule has 0 amide bonds. The number of carbonyl (C=O) groups is 1. The van der Waals surface area contributed by atoms with Gasteiger partial charge in [-0.1, -0.05) is 0 Å². The lowest BCUT2D eigenvalue weighted by atomic mass is 10.2. The Kier molecular flexibility index (Phi) is 5.82. The lowest BCUT2D eigenvalue weighted by molar-refractivity contribution is -0.156. The predicted molar refractivity (Wildman–Crippen MR) is 79.0 cm³/mol. The molecule has 1 unspecified atom stereocenters. The van der Waals surface area contributed by atoms with Crippen LogP contribution in [0.5, 0.6) is 0 Å². The van der Waals surface area contributed by atoms with Crippen LogP contribution >= 0.6 is 27.3 Å². The van der Waals surface area contributed by atoms with Gasteiger partial charge in [0, 0.05) is 11.4 Å². The quantitative estimate of drug-likeness (QED) is 0.839. The number of carbonyl (C=O) groups excluding carboxylic acids is 1. The minimum Gasteiger partial charge on any atom is -0.459 e. The molecule has 0 fully saturated rings. The Morgan fingerprint density at radius 2 is 2.17 bits per heavy atom. The molecule has 5 heteroatoms. The van der Waals surface area contributed by atoms with Crippen molar-refractivity contribution in [2.24, 2.45) is 0 Å². The van der Waals surface area contributed by atoms with Gasteiger partial charge in [-0.25, -0.2) is 0 Å². The van der Waals surface area contributed by atoms with E-state index in [1.165, 1.54) is 4.88 Å². The third-order valence-corrected chi connectivity index (χ3v) is 3.89. The van der Waals surface area contributed by atoms with Gasteiger partial charge in [0.2, 0.25) is 0 Å². The summed E-state index contributed by atoms with van der Waals surface area (Å²) in [6, 6.07) is 3.86. The van der Waals surface area contributed by atoms with E-state index in [1.807, 2.05) is 33.8 Å². The van der Waals surface area contributed by atoms with Crippen molar-refractivity contribution in [1.82, 2.24) is 5.32 Å². The summed E-state index contributed by atoms with van der Waals surface area (Å²) in [5, 5.41) is 3.18. The smallest absolute Gasteiger partial charge is 0.323 e. The van der Waals surface area contributed by atoms with Crippen molar-refractivity contribution in [3.05, 3.63) is 20.8 Å². The third kappa shape index (κ3) is 5.98. The van der Waals surface area contributed by atoms with E-state index < -0.39 is 5.60 Å². The first-order valence-corrected chi connectivity index (χ1v) is 7.59. The standard InChI is InChI=1S/C13H20BrNO2S/c1-9(12(16)17-13(2,3)4)15-8-7-10-5-6-11(14)18-10/h5-6,9,15H,7-8H2,1-4H3. The Morgan fingerprint density at radius 3 is 2.67 bits per heavy atom. The Morgan fingerprint density at radius 1 is 1.50 bits per heavy atom. The number of esters is 1. The molecule has 0 aliphatic rings. The molecule has 3 nitrogen and oxygen atoms in total. The summed E-state index contributed by atoms with van der Waals surface area (Å²) in [6.45, 7) is 8.23. The Balaban J connectivity index is 2.28. The topological polar surface area (TPSA) is 38.3 Å². The Hall–Kier alpha value is -0.390. The molecule has 102 valence electrons. The maximum atomic E-state index is 11.7. The maximum Gasteiger partial charge on any atom is 0.323 e. The highest BCUT2D eigenvalue weighted by Gasteiger charge is 2.20. The number of thiophene rings is 1. The van der Waals surface area contributed by atoms with E-state index in [0.29, 0.717) is 0 Å². The fraction of sp³-hybridized carbons (Fsp3) is 0.615. The molecular formula is C13H20BrNO2S. The van der Waals surface area contributed by atoms with Gasteiger partial charge < -0.3 is 10.1 Å². The van der Waals surface area contributed by atoms with E-state index in [-0.39, 0.29) is 12.0 Å². The number of ether oxygens (including phenoxy) is 1. The zero-order valence-corrected chi connectivity index (χ0v) is 13.7. The van der Waals surface area contributed by atoms with Gasteiger partial charge in [-0.05, 0) is 62.2 Å². The van der Waals surface area contributed by atoms with Crippen molar-refractivity contribution in [3.63, 3.8) is 0 Å². The molecular weight excluding hydrogens is 314 g/mol. The van der Waals surface area contributed by atoms with Crippen molar-refractivity contribution >= 4 is 33.2 Å². The minimum absolute atomic E-state index is 0.199. The van der Waals surface area contributed by atoms with Gasteiger partial charge in [0.15, 0.2) is 0 Å². The molecule has 0 saturated heterocycles. The van der Waals surface area contributed by atoms with Crippen LogP contribution in [-0.2, 0) is 16.0 Å². The summed E-state index contributed by atoms with van der Waals surface area (Å²) in [6.07, 6.45) is 0.920. The number of rotatable bonds is 5. The van der Waals surface area contributed by atoms with Gasteiger partial charge in [0.25, 0.3) is 0 Å². The normalized spacial score (nSPS) is 13.4. The van der Waals surface area contributed by atoms with Gasteiger partial charge in [0.1, 0.15) is 11.6 Å². The van der Waals surface area contributed by atoms with E-state index in [0.717, 1.165) is 16.8 Å². The van der Waals surface area contributed by atoms with E-state index in [2.05, 4.69) is 27.3 Å². The molecule has 1 heterocycles. The molecule has 1 N–H and O–H groups in total. The first-order chi connectivity index (χ1) is 8.28. The summed E-state index contributed by atoms with van der Waals surface area (Å²) < 4.78 is 6.44. The van der Waals surface area contributed by atoms with Crippen LogP contribution in [-0.4, -0.2) is 24.2 Å². The summed E-state index contributed by atoms with van der Waals surface area (Å²) in [4.78, 5) is 13.0. The monoisotopic (exact) mass is 333 g/mol. The fourth-order valence-corrected chi connectivity index (χ4v) is 2.85. The van der Waals surface area contributed by atoms with Gasteiger partial charge in [-0.3, -0.25) is 4.79 Å². The van der Waals surface area contributed by atoms with Gasteiger partial charge >= 0.3 is 5.97 Å². The number of nitrogens with one attached hydrogen (secondary N) is 1. The summed E-state index contributed by atoms with van der Waals surface area (Å²) >= 11 is 5.15. The molecule has 0 aliphatic heterocycles. The molecule has 0 aromatic carbocycles. The van der Waals surface area contributed by atoms with Crippen LogP contribution in [0.4, 0.5) is 0 Å². The Bertz CT molecular complexity index is 398. The number of hydrogen-bond acceptors (Lipinski definition) is 4. The Labute approximate surface area is 121 Å². The van der Waals surface area contributed by atoms with E-state index in [1.54, 1.807) is 11.3 Å². The zero-order chi connectivity index (χ0) is 13.8. The van der Waals surface area contributed by atoms with E-state index >= 15 is 0 Å². The third-order valence-electron chi connectivity index (χ3n) is 2.21. The average Bonchev–Trinajstić information content (AvgIpc) is 2.61. The van der Waals surface area contributed by atoms with Crippen LogP contribution in [0.3, 0.4) is 0 Å². The van der Waals surface area contributed by atoms with Gasteiger partial charge in [-0.15, -0.1) is 11.3 Å². The maximum absolute atomic E-state index is 11.7. The SMILES string of the molecule is CC(NCCc1ccc(Br)s1)C(=O)OC(C)(C)C. The average molecular weight is 334 g/mol. The first-order valence-electron chi connectivity index (χ1n) is 5.98. The second-order valence-corrected chi connectivity index (χ2v) is 7.71. The van der Waals surface area contributed by atoms with Gasteiger partial charge in [0.05, 0.1) is 3.79 Å². The molecule has 1 aromatic rings. The van der Waals surface area contributed by atoms with Crippen LogP contribution < -0.4 is 5.32 Å². The van der Waals surface area contributed by atoms with Crippen LogP contribution in [0.2, 0.25) is 0 Å². The highest BCUT2D eigenvalue weighted by atomic mass is 79.9. The lowest BCUT2D eigenvalue weighted by Gasteiger charge is -2.22. The molecule has 0 radical (unpaired) electrons. The second kappa shape index (κ2) is 6.68. The number of halogens is 1. The van der Waals surface area contributed by atoms with Crippen LogP contribution in [0, 0.1) is 0 Å². The van der Waals surface area contributed by atoms with Crippen molar-refractivity contribution < 1.29 is 9.53 Å². The summed E-state index contributed by atoms with van der Waals surface area (Å²) in [5.74, 6) is -0.199. The molecule has 0 aliphatic carbocycles. The lowest BCUT2D eigenvalue weighted by Crippen LogP contribution is -2.39. The zero-order valence-electron chi connectivity index (χ0n) is 11.2. The molecule has 0 saturated carbocycles. The van der Waals surface area contributed by atoms with E-state index in [9.17, 15) is 4.79 Å². The second-order valence-electron chi connectivity index (χ2n) is 5.17. The predicted octanol–water partition coefficient (Wildman–Crippen LogP) is 3.37. The van der Waals surface area contributed by atoms with Crippen LogP contribution in [0.25, 0.3) is 0 Å². The largest absolute Gasteiger partial charge is 0.459 e. The summed E-state index contributed by atoms with van der Waals surface area (Å²) in [5.41, 5.74) is -0.425. The van der Waals surface area contributed by atoms with Crippen molar-refractivity contribution in [1.29, 1.82) is 0 Å². The van der Waals surface area contributed by atoms with Crippen LogP contribution in [0.1, 0.15) is 32.6 Å². The highest BCUT2D eigenvalue weighted by molar-refractivity contribution is 9.11. The van der Waals surface area contributed by atoms with Crippen molar-refractivity contribution in [2.75, 3.05) is 6.54 Å². The van der Waals surface area contributed by atoms with E-state index in [4.69, 9.17) is 4.74 Å². The summed E-state index contributed by atoms with van der Waals surface area (Å²) in [7, 11) is 0. The molecule has 0 spiro atoms. The molecule has 1 rings (SSSR count). The molecule has 18 heavy (non-hydrogen) atoms. The van der Waals surface area contributed by atoms with Crippen molar-refractivity contribution in [3.8, 4) is 0 Å². The molecule has 1 atom stereocenters. The van der Waals surface area contributed by atoms with Crippen LogP contribution in [0.15, 0.2) is 15.9 Å². The van der Waals surface area contributed by atoms with Gasteiger partial charge in [-0.2, -0.15) is 0 Å². The highest BCUT2D eigenvalue weighted by Crippen LogP contribution is 2.22. The first kappa shape index (κ1) is 15.7. The fourth-order valence-electron chi connectivity index (χ4n) is 1.37. The number of hydrogen-bond donors (Lipinski definition) is 1. The molecule has 1 aromatic heterocycles. The molecule has 0 bridgehead atoms.